The second-order valence-electron chi connectivity index (χ2n) is 2.49. The van der Waals surface area contributed by atoms with Crippen molar-refractivity contribution in [2.45, 2.75) is 6.04 Å². The van der Waals surface area contributed by atoms with E-state index in [1.165, 1.54) is 0 Å². The molecule has 0 radical (unpaired) electrons. The van der Waals surface area contributed by atoms with Gasteiger partial charge in [0, 0.05) is 6.07 Å². The molecular formula is C8H9F2NO. The molecule has 0 aliphatic heterocycles. The van der Waals surface area contributed by atoms with Crippen LogP contribution in [0.4, 0.5) is 8.78 Å². The fourth-order valence-corrected chi connectivity index (χ4v) is 0.895. The van der Waals surface area contributed by atoms with E-state index in [0.717, 1.165) is 18.2 Å². The first-order chi connectivity index (χ1) is 5.63. The lowest BCUT2D eigenvalue weighted by Gasteiger charge is -2.07. The van der Waals surface area contributed by atoms with Gasteiger partial charge >= 0.3 is 0 Å². The lowest BCUT2D eigenvalue weighted by molar-refractivity contribution is 0.267. The van der Waals surface area contributed by atoms with Crippen LogP contribution in [0.2, 0.25) is 0 Å². The highest BCUT2D eigenvalue weighted by atomic mass is 19.1. The SMILES string of the molecule is N[C@H](CO)c1cc(F)cc(F)c1. The molecule has 0 saturated heterocycles. The van der Waals surface area contributed by atoms with Crippen molar-refractivity contribution in [1.29, 1.82) is 0 Å². The predicted molar refractivity (Wildman–Crippen MR) is 40.4 cm³/mol. The van der Waals surface area contributed by atoms with Crippen LogP contribution in [0.3, 0.4) is 0 Å². The van der Waals surface area contributed by atoms with Crippen LogP contribution in [0.25, 0.3) is 0 Å². The van der Waals surface area contributed by atoms with E-state index < -0.39 is 17.7 Å². The first-order valence-corrected chi connectivity index (χ1v) is 3.46. The van der Waals surface area contributed by atoms with Gasteiger partial charge in [-0.15, -0.1) is 0 Å². The van der Waals surface area contributed by atoms with Crippen LogP contribution >= 0.6 is 0 Å². The molecule has 2 nitrogen and oxygen atoms in total. The summed E-state index contributed by atoms with van der Waals surface area (Å²) in [6, 6.07) is 2.23. The van der Waals surface area contributed by atoms with Crippen molar-refractivity contribution in [2.24, 2.45) is 5.73 Å². The van der Waals surface area contributed by atoms with Crippen LogP contribution in [0, 0.1) is 11.6 Å². The third-order valence-electron chi connectivity index (χ3n) is 1.51. The van der Waals surface area contributed by atoms with Crippen LogP contribution in [0.15, 0.2) is 18.2 Å². The third kappa shape index (κ3) is 1.99. The van der Waals surface area contributed by atoms with Gasteiger partial charge in [-0.25, -0.2) is 8.78 Å². The first kappa shape index (κ1) is 9.09. The molecule has 3 N–H and O–H groups in total. The number of rotatable bonds is 2. The van der Waals surface area contributed by atoms with Gasteiger partial charge in [0.2, 0.25) is 0 Å². The van der Waals surface area contributed by atoms with Crippen molar-refractivity contribution in [3.05, 3.63) is 35.4 Å². The minimum absolute atomic E-state index is 0.259. The van der Waals surface area contributed by atoms with Crippen LogP contribution in [-0.2, 0) is 0 Å². The molecule has 12 heavy (non-hydrogen) atoms. The van der Waals surface area contributed by atoms with E-state index in [9.17, 15) is 8.78 Å². The van der Waals surface area contributed by atoms with Crippen LogP contribution in [0.5, 0.6) is 0 Å². The molecule has 4 heteroatoms. The van der Waals surface area contributed by atoms with E-state index in [0.29, 0.717) is 0 Å². The van der Waals surface area contributed by atoms with Gasteiger partial charge in [0.25, 0.3) is 0 Å². The fourth-order valence-electron chi connectivity index (χ4n) is 0.895. The van der Waals surface area contributed by atoms with Crippen LogP contribution < -0.4 is 5.73 Å². The molecule has 0 aromatic heterocycles. The van der Waals surface area contributed by atoms with Gasteiger partial charge in [-0.2, -0.15) is 0 Å². The molecule has 1 aromatic rings. The van der Waals surface area contributed by atoms with Crippen molar-refractivity contribution in [1.82, 2.24) is 0 Å². The molecule has 1 aromatic carbocycles. The molecular weight excluding hydrogens is 164 g/mol. The first-order valence-electron chi connectivity index (χ1n) is 3.46. The fraction of sp³-hybridized carbons (Fsp3) is 0.250. The third-order valence-corrected chi connectivity index (χ3v) is 1.51. The average molecular weight is 173 g/mol. The Bertz CT molecular complexity index is 258. The Hall–Kier alpha value is -1.00. The Morgan fingerprint density at radius 3 is 2.17 bits per heavy atom. The van der Waals surface area contributed by atoms with E-state index in [1.54, 1.807) is 0 Å². The number of aliphatic hydroxyl groups is 1. The van der Waals surface area contributed by atoms with Crippen LogP contribution in [0.1, 0.15) is 11.6 Å². The molecule has 0 spiro atoms. The second-order valence-corrected chi connectivity index (χ2v) is 2.49. The summed E-state index contributed by atoms with van der Waals surface area (Å²) < 4.78 is 25.1. The molecule has 0 unspecified atom stereocenters. The summed E-state index contributed by atoms with van der Waals surface area (Å²) in [7, 11) is 0. The molecule has 0 bridgehead atoms. The standard InChI is InChI=1S/C8H9F2NO/c9-6-1-5(8(11)4-12)2-7(10)3-6/h1-3,8,12H,4,11H2/t8-/m1/s1. The number of aliphatic hydroxyl groups excluding tert-OH is 1. The highest BCUT2D eigenvalue weighted by Crippen LogP contribution is 2.13. The van der Waals surface area contributed by atoms with Gasteiger partial charge < -0.3 is 10.8 Å². The predicted octanol–water partition coefficient (Wildman–Crippen LogP) is 0.957. The zero-order valence-corrected chi connectivity index (χ0v) is 6.30. The highest BCUT2D eigenvalue weighted by molar-refractivity contribution is 5.20. The van der Waals surface area contributed by atoms with Gasteiger partial charge in [-0.1, -0.05) is 0 Å². The van der Waals surface area contributed by atoms with Gasteiger partial charge in [0.05, 0.1) is 12.6 Å². The number of hydrogen-bond acceptors (Lipinski definition) is 2. The number of hydrogen-bond donors (Lipinski definition) is 2. The maximum atomic E-state index is 12.5. The lowest BCUT2D eigenvalue weighted by atomic mass is 10.1. The summed E-state index contributed by atoms with van der Waals surface area (Å²) in [4.78, 5) is 0. The summed E-state index contributed by atoms with van der Waals surface area (Å²) in [6.45, 7) is -0.330. The van der Waals surface area contributed by atoms with E-state index in [4.69, 9.17) is 10.8 Å². The van der Waals surface area contributed by atoms with E-state index in [-0.39, 0.29) is 12.2 Å². The maximum absolute atomic E-state index is 12.5. The summed E-state index contributed by atoms with van der Waals surface area (Å²) >= 11 is 0. The molecule has 0 fully saturated rings. The Labute approximate surface area is 68.6 Å². The second kappa shape index (κ2) is 3.60. The minimum atomic E-state index is -0.727. The van der Waals surface area contributed by atoms with Gasteiger partial charge in [-0.3, -0.25) is 0 Å². The summed E-state index contributed by atoms with van der Waals surface area (Å²) in [5.41, 5.74) is 5.61. The number of benzene rings is 1. The Balaban J connectivity index is 3.00. The Morgan fingerprint density at radius 1 is 1.25 bits per heavy atom. The van der Waals surface area contributed by atoms with Gasteiger partial charge in [0.1, 0.15) is 11.6 Å². The largest absolute Gasteiger partial charge is 0.394 e. The normalized spacial score (nSPS) is 13.0. The summed E-state index contributed by atoms with van der Waals surface area (Å²) in [6.07, 6.45) is 0. The molecule has 0 heterocycles. The number of nitrogens with two attached hydrogens (primary N) is 1. The van der Waals surface area contributed by atoms with Gasteiger partial charge in [0.15, 0.2) is 0 Å². The van der Waals surface area contributed by atoms with Crippen molar-refractivity contribution < 1.29 is 13.9 Å². The topological polar surface area (TPSA) is 46.2 Å². The molecule has 66 valence electrons. The van der Waals surface area contributed by atoms with Crippen molar-refractivity contribution in [3.8, 4) is 0 Å². The molecule has 0 saturated carbocycles. The van der Waals surface area contributed by atoms with Crippen molar-refractivity contribution >= 4 is 0 Å². The van der Waals surface area contributed by atoms with Crippen LogP contribution in [-0.4, -0.2) is 11.7 Å². The van der Waals surface area contributed by atoms with E-state index in [2.05, 4.69) is 0 Å². The Morgan fingerprint density at radius 2 is 1.75 bits per heavy atom. The zero-order valence-electron chi connectivity index (χ0n) is 6.30. The zero-order chi connectivity index (χ0) is 9.14. The smallest absolute Gasteiger partial charge is 0.126 e. The molecule has 0 aliphatic carbocycles. The molecule has 1 rings (SSSR count). The maximum Gasteiger partial charge on any atom is 0.126 e. The quantitative estimate of drug-likeness (QED) is 0.699. The van der Waals surface area contributed by atoms with Crippen molar-refractivity contribution in [3.63, 3.8) is 0 Å². The van der Waals surface area contributed by atoms with Crippen molar-refractivity contribution in [2.75, 3.05) is 6.61 Å². The minimum Gasteiger partial charge on any atom is -0.394 e. The highest BCUT2D eigenvalue weighted by Gasteiger charge is 2.07. The Kier molecular flexibility index (Phi) is 2.73. The molecule has 0 aliphatic rings. The van der Waals surface area contributed by atoms with E-state index in [1.807, 2.05) is 0 Å². The number of halogens is 2. The van der Waals surface area contributed by atoms with Gasteiger partial charge in [-0.05, 0) is 17.7 Å². The molecule has 1 atom stereocenters. The molecule has 0 amide bonds. The summed E-state index contributed by atoms with van der Waals surface area (Å²) in [5.74, 6) is -1.37. The summed E-state index contributed by atoms with van der Waals surface area (Å²) in [5, 5.41) is 8.60. The monoisotopic (exact) mass is 173 g/mol. The van der Waals surface area contributed by atoms with E-state index >= 15 is 0 Å². The lowest BCUT2D eigenvalue weighted by Crippen LogP contribution is -2.14. The average Bonchev–Trinajstić information content (AvgIpc) is 2.01.